The smallest absolute Gasteiger partial charge is 0.126 e. The third-order valence-corrected chi connectivity index (χ3v) is 2.80. The summed E-state index contributed by atoms with van der Waals surface area (Å²) < 4.78 is 13.3. The molecule has 0 spiro atoms. The lowest BCUT2D eigenvalue weighted by atomic mass is 10.2. The minimum atomic E-state index is -0.323. The van der Waals surface area contributed by atoms with Gasteiger partial charge in [-0.15, -0.1) is 0 Å². The van der Waals surface area contributed by atoms with Gasteiger partial charge in [-0.05, 0) is 37.5 Å². The molecule has 1 aliphatic rings. The van der Waals surface area contributed by atoms with Crippen LogP contribution in [0.1, 0.15) is 31.7 Å². The maximum Gasteiger partial charge on any atom is 0.126 e. The Labute approximate surface area is 95.3 Å². The van der Waals surface area contributed by atoms with Crippen LogP contribution < -0.4 is 4.90 Å². The van der Waals surface area contributed by atoms with Crippen LogP contribution >= 0.6 is 0 Å². The standard InChI is InChI=1S/C13H15FN2/c1-2-5-16(12-3-4-12)13-7-10(9-15)6-11(14)8-13/h6-8,12H,2-5H2,1H3. The molecule has 0 unspecified atom stereocenters. The van der Waals surface area contributed by atoms with Gasteiger partial charge in [0.1, 0.15) is 5.82 Å². The summed E-state index contributed by atoms with van der Waals surface area (Å²) in [6, 6.07) is 7.12. The van der Waals surface area contributed by atoms with E-state index in [1.807, 2.05) is 6.07 Å². The minimum Gasteiger partial charge on any atom is -0.368 e. The van der Waals surface area contributed by atoms with Gasteiger partial charge < -0.3 is 4.90 Å². The van der Waals surface area contributed by atoms with Crippen molar-refractivity contribution >= 4 is 5.69 Å². The summed E-state index contributed by atoms with van der Waals surface area (Å²) in [4.78, 5) is 2.21. The second-order valence-electron chi connectivity index (χ2n) is 4.23. The molecule has 1 aromatic carbocycles. The highest BCUT2D eigenvalue weighted by molar-refractivity contribution is 5.53. The molecular formula is C13H15FN2. The predicted molar refractivity (Wildman–Crippen MR) is 61.8 cm³/mol. The van der Waals surface area contributed by atoms with Gasteiger partial charge in [0.05, 0.1) is 11.6 Å². The van der Waals surface area contributed by atoms with Gasteiger partial charge >= 0.3 is 0 Å². The van der Waals surface area contributed by atoms with E-state index in [2.05, 4.69) is 11.8 Å². The second kappa shape index (κ2) is 4.52. The molecule has 1 fully saturated rings. The zero-order chi connectivity index (χ0) is 11.5. The molecule has 1 aliphatic carbocycles. The molecule has 2 nitrogen and oxygen atoms in total. The Balaban J connectivity index is 2.29. The molecule has 1 saturated carbocycles. The summed E-state index contributed by atoms with van der Waals surface area (Å²) in [6.07, 6.45) is 3.39. The molecule has 0 heterocycles. The molecule has 16 heavy (non-hydrogen) atoms. The lowest BCUT2D eigenvalue weighted by molar-refractivity contribution is 0.625. The molecule has 1 aromatic rings. The van der Waals surface area contributed by atoms with E-state index in [1.165, 1.54) is 25.0 Å². The van der Waals surface area contributed by atoms with E-state index in [0.29, 0.717) is 11.6 Å². The van der Waals surface area contributed by atoms with Crippen molar-refractivity contribution in [2.75, 3.05) is 11.4 Å². The van der Waals surface area contributed by atoms with Crippen molar-refractivity contribution in [2.24, 2.45) is 0 Å². The predicted octanol–water partition coefficient (Wildman–Crippen LogP) is 3.08. The van der Waals surface area contributed by atoms with Crippen LogP contribution in [0.25, 0.3) is 0 Å². The highest BCUT2D eigenvalue weighted by Gasteiger charge is 2.28. The van der Waals surface area contributed by atoms with Crippen molar-refractivity contribution in [3.63, 3.8) is 0 Å². The summed E-state index contributed by atoms with van der Waals surface area (Å²) in [5, 5.41) is 8.82. The number of benzene rings is 1. The summed E-state index contributed by atoms with van der Waals surface area (Å²) in [5.74, 6) is -0.323. The van der Waals surface area contributed by atoms with Crippen molar-refractivity contribution in [1.29, 1.82) is 5.26 Å². The Kier molecular flexibility index (Phi) is 3.09. The monoisotopic (exact) mass is 218 g/mol. The van der Waals surface area contributed by atoms with Gasteiger partial charge in [-0.3, -0.25) is 0 Å². The molecule has 0 N–H and O–H groups in total. The first kappa shape index (κ1) is 10.9. The quantitative estimate of drug-likeness (QED) is 0.776. The van der Waals surface area contributed by atoms with Crippen LogP contribution in [0.2, 0.25) is 0 Å². The number of nitriles is 1. The normalized spacial score (nSPS) is 14.6. The SMILES string of the molecule is CCCN(c1cc(F)cc(C#N)c1)C1CC1. The fraction of sp³-hybridized carbons (Fsp3) is 0.462. The van der Waals surface area contributed by atoms with Gasteiger partial charge in [0.25, 0.3) is 0 Å². The molecule has 0 bridgehead atoms. The zero-order valence-corrected chi connectivity index (χ0v) is 9.41. The molecule has 0 aliphatic heterocycles. The van der Waals surface area contributed by atoms with E-state index in [9.17, 15) is 4.39 Å². The highest BCUT2D eigenvalue weighted by atomic mass is 19.1. The molecular weight excluding hydrogens is 203 g/mol. The number of hydrogen-bond acceptors (Lipinski definition) is 2. The van der Waals surface area contributed by atoms with E-state index >= 15 is 0 Å². The molecule has 0 amide bonds. The zero-order valence-electron chi connectivity index (χ0n) is 9.41. The summed E-state index contributed by atoms with van der Waals surface area (Å²) in [7, 11) is 0. The summed E-state index contributed by atoms with van der Waals surface area (Å²) >= 11 is 0. The number of hydrogen-bond donors (Lipinski definition) is 0. The van der Waals surface area contributed by atoms with Crippen LogP contribution in [-0.2, 0) is 0 Å². The molecule has 2 rings (SSSR count). The molecule has 0 radical (unpaired) electrons. The van der Waals surface area contributed by atoms with Crippen molar-refractivity contribution in [3.05, 3.63) is 29.6 Å². The van der Waals surface area contributed by atoms with E-state index in [0.717, 1.165) is 18.7 Å². The fourth-order valence-corrected chi connectivity index (χ4v) is 1.95. The number of halogens is 1. The lowest BCUT2D eigenvalue weighted by Crippen LogP contribution is -2.26. The first-order valence-corrected chi connectivity index (χ1v) is 5.72. The van der Waals surface area contributed by atoms with Crippen molar-refractivity contribution < 1.29 is 4.39 Å². The first-order valence-electron chi connectivity index (χ1n) is 5.72. The van der Waals surface area contributed by atoms with Crippen molar-refractivity contribution in [2.45, 2.75) is 32.2 Å². The Hall–Kier alpha value is -1.56. The van der Waals surface area contributed by atoms with Gasteiger partial charge in [-0.25, -0.2) is 4.39 Å². The molecule has 84 valence electrons. The number of anilines is 1. The summed E-state index contributed by atoms with van der Waals surface area (Å²) in [6.45, 7) is 3.04. The topological polar surface area (TPSA) is 27.0 Å². The van der Waals surface area contributed by atoms with Crippen LogP contribution in [0.4, 0.5) is 10.1 Å². The number of rotatable bonds is 4. The van der Waals surface area contributed by atoms with Crippen LogP contribution in [0.3, 0.4) is 0 Å². The first-order chi connectivity index (χ1) is 7.74. The number of nitrogens with zero attached hydrogens (tertiary/aromatic N) is 2. The van der Waals surface area contributed by atoms with Gasteiger partial charge in [-0.1, -0.05) is 6.92 Å². The van der Waals surface area contributed by atoms with Crippen molar-refractivity contribution in [3.8, 4) is 6.07 Å². The van der Waals surface area contributed by atoms with Crippen LogP contribution in [-0.4, -0.2) is 12.6 Å². The average Bonchev–Trinajstić information content (AvgIpc) is 3.08. The van der Waals surface area contributed by atoms with Gasteiger partial charge in [0.15, 0.2) is 0 Å². The largest absolute Gasteiger partial charge is 0.368 e. The maximum atomic E-state index is 13.3. The van der Waals surface area contributed by atoms with Gasteiger partial charge in [0, 0.05) is 18.3 Å². The Bertz CT molecular complexity index is 418. The van der Waals surface area contributed by atoms with Crippen LogP contribution in [0.15, 0.2) is 18.2 Å². The fourth-order valence-electron chi connectivity index (χ4n) is 1.95. The highest BCUT2D eigenvalue weighted by Crippen LogP contribution is 2.32. The van der Waals surface area contributed by atoms with Crippen LogP contribution in [0.5, 0.6) is 0 Å². The maximum absolute atomic E-state index is 13.3. The third kappa shape index (κ3) is 2.33. The van der Waals surface area contributed by atoms with Gasteiger partial charge in [0.2, 0.25) is 0 Å². The lowest BCUT2D eigenvalue weighted by Gasteiger charge is -2.24. The van der Waals surface area contributed by atoms with Crippen LogP contribution in [0, 0.1) is 17.1 Å². The second-order valence-corrected chi connectivity index (χ2v) is 4.23. The molecule has 0 atom stereocenters. The molecule has 0 saturated heterocycles. The Morgan fingerprint density at radius 2 is 2.19 bits per heavy atom. The molecule has 0 aromatic heterocycles. The third-order valence-electron chi connectivity index (χ3n) is 2.80. The van der Waals surface area contributed by atoms with E-state index in [-0.39, 0.29) is 5.82 Å². The van der Waals surface area contributed by atoms with Gasteiger partial charge in [-0.2, -0.15) is 5.26 Å². The van der Waals surface area contributed by atoms with E-state index in [4.69, 9.17) is 5.26 Å². The average molecular weight is 218 g/mol. The van der Waals surface area contributed by atoms with E-state index < -0.39 is 0 Å². The molecule has 3 heteroatoms. The minimum absolute atomic E-state index is 0.323. The Morgan fingerprint density at radius 1 is 1.44 bits per heavy atom. The van der Waals surface area contributed by atoms with Crippen molar-refractivity contribution in [1.82, 2.24) is 0 Å². The summed E-state index contributed by atoms with van der Waals surface area (Å²) in [5.41, 5.74) is 1.25. The Morgan fingerprint density at radius 3 is 2.75 bits per heavy atom. The van der Waals surface area contributed by atoms with E-state index in [1.54, 1.807) is 6.07 Å².